The van der Waals surface area contributed by atoms with Gasteiger partial charge in [-0.15, -0.1) is 0 Å². The molecule has 20 heavy (non-hydrogen) atoms. The van der Waals surface area contributed by atoms with Gasteiger partial charge in [-0.3, -0.25) is 4.79 Å². The second-order valence-electron chi connectivity index (χ2n) is 5.28. The van der Waals surface area contributed by atoms with Gasteiger partial charge in [0.25, 0.3) is 0 Å². The van der Waals surface area contributed by atoms with Gasteiger partial charge in [0.2, 0.25) is 0 Å². The molecule has 1 aliphatic rings. The average molecular weight is 285 g/mol. The second-order valence-corrected chi connectivity index (χ2v) is 5.28. The van der Waals surface area contributed by atoms with Crippen LogP contribution in [0.5, 0.6) is 0 Å². The molecule has 0 aromatic carbocycles. The molecule has 0 aromatic heterocycles. The summed E-state index contributed by atoms with van der Waals surface area (Å²) in [6.07, 6.45) is 5.61. The molecular weight excluding hydrogens is 258 g/mol. The Hall–Kier alpha value is -1.26. The molecule has 0 spiro atoms. The summed E-state index contributed by atoms with van der Waals surface area (Å²) in [6, 6.07) is -0.117. The van der Waals surface area contributed by atoms with Gasteiger partial charge in [-0.05, 0) is 32.6 Å². The summed E-state index contributed by atoms with van der Waals surface area (Å²) in [6.45, 7) is 4.30. The highest BCUT2D eigenvalue weighted by molar-refractivity contribution is 5.72. The topological polar surface area (TPSA) is 55.8 Å². The van der Waals surface area contributed by atoms with Crippen molar-refractivity contribution in [1.29, 1.82) is 0 Å². The molecule has 116 valence electrons. The van der Waals surface area contributed by atoms with Gasteiger partial charge in [-0.2, -0.15) is 0 Å². The maximum atomic E-state index is 11.9. The van der Waals surface area contributed by atoms with Gasteiger partial charge in [-0.1, -0.05) is 19.3 Å². The van der Waals surface area contributed by atoms with Crippen LogP contribution < -0.4 is 0 Å². The Balaban J connectivity index is 2.71. The standard InChI is InChI=1S/C15H27NO4/c1-4-19-14(17)11-13(12-9-7-6-8-10-12)16(3)15(18)20-5-2/h12-13H,4-11H2,1-3H3. The van der Waals surface area contributed by atoms with Crippen LogP contribution in [0, 0.1) is 5.92 Å². The molecule has 0 saturated heterocycles. The Morgan fingerprint density at radius 1 is 1.10 bits per heavy atom. The maximum absolute atomic E-state index is 11.9. The molecule has 1 atom stereocenters. The Morgan fingerprint density at radius 2 is 1.70 bits per heavy atom. The van der Waals surface area contributed by atoms with Crippen LogP contribution in [-0.2, 0) is 14.3 Å². The number of ether oxygens (including phenoxy) is 2. The van der Waals surface area contributed by atoms with Gasteiger partial charge < -0.3 is 14.4 Å². The Kier molecular flexibility index (Phi) is 7.41. The molecule has 0 radical (unpaired) electrons. The molecule has 1 rings (SSSR count). The summed E-state index contributed by atoms with van der Waals surface area (Å²) in [4.78, 5) is 25.3. The van der Waals surface area contributed by atoms with Crippen molar-refractivity contribution in [1.82, 2.24) is 4.90 Å². The fourth-order valence-electron chi connectivity index (χ4n) is 2.89. The zero-order chi connectivity index (χ0) is 15.0. The Bertz CT molecular complexity index is 313. The third-order valence-electron chi connectivity index (χ3n) is 3.93. The first kappa shape index (κ1) is 16.8. The zero-order valence-corrected chi connectivity index (χ0v) is 12.9. The van der Waals surface area contributed by atoms with Crippen LogP contribution in [0.2, 0.25) is 0 Å². The minimum absolute atomic E-state index is 0.117. The lowest BCUT2D eigenvalue weighted by Gasteiger charge is -2.35. The molecule has 1 fully saturated rings. The molecule has 1 aliphatic carbocycles. The minimum Gasteiger partial charge on any atom is -0.466 e. The molecule has 0 aliphatic heterocycles. The van der Waals surface area contributed by atoms with Gasteiger partial charge in [0.1, 0.15) is 0 Å². The molecular formula is C15H27NO4. The van der Waals surface area contributed by atoms with Gasteiger partial charge >= 0.3 is 12.1 Å². The van der Waals surface area contributed by atoms with Crippen molar-refractivity contribution in [2.45, 2.75) is 58.4 Å². The number of hydrogen-bond donors (Lipinski definition) is 0. The molecule has 5 heteroatoms. The minimum atomic E-state index is -0.354. The first-order valence-electron chi connectivity index (χ1n) is 7.65. The SMILES string of the molecule is CCOC(=O)CC(C1CCCCC1)N(C)C(=O)OCC. The maximum Gasteiger partial charge on any atom is 0.409 e. The largest absolute Gasteiger partial charge is 0.466 e. The van der Waals surface area contributed by atoms with Crippen molar-refractivity contribution in [3.63, 3.8) is 0 Å². The first-order chi connectivity index (χ1) is 9.60. The zero-order valence-electron chi connectivity index (χ0n) is 12.9. The lowest BCUT2D eigenvalue weighted by Crippen LogP contribution is -2.44. The molecule has 1 unspecified atom stereocenters. The van der Waals surface area contributed by atoms with E-state index < -0.39 is 0 Å². The molecule has 0 N–H and O–H groups in total. The first-order valence-corrected chi connectivity index (χ1v) is 7.65. The van der Waals surface area contributed by atoms with Crippen LogP contribution in [0.15, 0.2) is 0 Å². The normalized spacial score (nSPS) is 17.4. The smallest absolute Gasteiger partial charge is 0.409 e. The van der Waals surface area contributed by atoms with Gasteiger partial charge in [0.15, 0.2) is 0 Å². The van der Waals surface area contributed by atoms with Gasteiger partial charge in [0, 0.05) is 13.1 Å². The van der Waals surface area contributed by atoms with E-state index in [9.17, 15) is 9.59 Å². The van der Waals surface area contributed by atoms with Crippen molar-refractivity contribution < 1.29 is 19.1 Å². The highest BCUT2D eigenvalue weighted by Crippen LogP contribution is 2.30. The van der Waals surface area contributed by atoms with E-state index in [1.807, 2.05) is 0 Å². The van der Waals surface area contributed by atoms with Crippen LogP contribution in [0.25, 0.3) is 0 Å². The van der Waals surface area contributed by atoms with E-state index >= 15 is 0 Å². The molecule has 1 saturated carbocycles. The number of amides is 1. The third kappa shape index (κ3) is 5.02. The predicted octanol–water partition coefficient (Wildman–Crippen LogP) is 2.98. The Morgan fingerprint density at radius 3 is 2.25 bits per heavy atom. The predicted molar refractivity (Wildman–Crippen MR) is 76.4 cm³/mol. The van der Waals surface area contributed by atoms with Crippen LogP contribution >= 0.6 is 0 Å². The average Bonchev–Trinajstić information content (AvgIpc) is 2.45. The molecule has 0 aromatic rings. The van der Waals surface area contributed by atoms with Crippen molar-refractivity contribution in [2.75, 3.05) is 20.3 Å². The van der Waals surface area contributed by atoms with Crippen LogP contribution in [0.1, 0.15) is 52.4 Å². The number of rotatable bonds is 6. The number of carbonyl (C=O) groups is 2. The van der Waals surface area contributed by atoms with Crippen molar-refractivity contribution in [3.8, 4) is 0 Å². The van der Waals surface area contributed by atoms with Gasteiger partial charge in [-0.25, -0.2) is 4.79 Å². The summed E-state index contributed by atoms with van der Waals surface area (Å²) in [5.41, 5.74) is 0. The molecule has 5 nitrogen and oxygen atoms in total. The summed E-state index contributed by atoms with van der Waals surface area (Å²) >= 11 is 0. The van der Waals surface area contributed by atoms with E-state index in [0.29, 0.717) is 19.1 Å². The van der Waals surface area contributed by atoms with E-state index in [1.54, 1.807) is 25.8 Å². The lowest BCUT2D eigenvalue weighted by atomic mass is 9.82. The summed E-state index contributed by atoms with van der Waals surface area (Å²) < 4.78 is 10.1. The van der Waals surface area contributed by atoms with Crippen molar-refractivity contribution in [2.24, 2.45) is 5.92 Å². The third-order valence-corrected chi connectivity index (χ3v) is 3.93. The molecule has 0 heterocycles. The van der Waals surface area contributed by atoms with E-state index in [0.717, 1.165) is 12.8 Å². The summed E-state index contributed by atoms with van der Waals surface area (Å²) in [5.74, 6) is 0.127. The highest BCUT2D eigenvalue weighted by atomic mass is 16.6. The second kappa shape index (κ2) is 8.82. The highest BCUT2D eigenvalue weighted by Gasteiger charge is 2.32. The van der Waals surface area contributed by atoms with Crippen LogP contribution in [0.4, 0.5) is 4.79 Å². The van der Waals surface area contributed by atoms with Crippen LogP contribution in [-0.4, -0.2) is 43.3 Å². The van der Waals surface area contributed by atoms with E-state index in [-0.39, 0.29) is 24.5 Å². The Labute approximate surface area is 121 Å². The number of nitrogens with zero attached hydrogens (tertiary/aromatic N) is 1. The quantitative estimate of drug-likeness (QED) is 0.704. The lowest BCUT2D eigenvalue weighted by molar-refractivity contribution is -0.144. The van der Waals surface area contributed by atoms with Crippen LogP contribution in [0.3, 0.4) is 0 Å². The van der Waals surface area contributed by atoms with Crippen molar-refractivity contribution in [3.05, 3.63) is 0 Å². The van der Waals surface area contributed by atoms with E-state index in [1.165, 1.54) is 19.3 Å². The summed E-state index contributed by atoms with van der Waals surface area (Å²) in [7, 11) is 1.72. The number of hydrogen-bond acceptors (Lipinski definition) is 4. The summed E-state index contributed by atoms with van der Waals surface area (Å²) in [5, 5.41) is 0. The molecule has 0 bridgehead atoms. The number of esters is 1. The van der Waals surface area contributed by atoms with E-state index in [2.05, 4.69) is 0 Å². The van der Waals surface area contributed by atoms with Crippen molar-refractivity contribution >= 4 is 12.1 Å². The fourth-order valence-corrected chi connectivity index (χ4v) is 2.89. The fraction of sp³-hybridized carbons (Fsp3) is 0.867. The monoisotopic (exact) mass is 285 g/mol. The van der Waals surface area contributed by atoms with E-state index in [4.69, 9.17) is 9.47 Å². The molecule has 1 amide bonds. The van der Waals surface area contributed by atoms with Gasteiger partial charge in [0.05, 0.1) is 19.6 Å². The number of carbonyl (C=O) groups excluding carboxylic acids is 2.